The average Bonchev–Trinajstić information content (AvgIpc) is 2.82. The number of carbonyl (C=O) groups excluding carboxylic acids is 1. The number of hydrogen-bond donors (Lipinski definition) is 1. The number of aryl methyl sites for hydroxylation is 1. The zero-order chi connectivity index (χ0) is 30.0. The molecule has 1 radical (unpaired) electrons. The Balaban J connectivity index is 0.000000360. The summed E-state index contributed by atoms with van der Waals surface area (Å²) < 4.78 is 0. The molecule has 41 heavy (non-hydrogen) atoms. The Bertz CT molecular complexity index is 1550. The van der Waals surface area contributed by atoms with Crippen molar-refractivity contribution in [1.82, 2.24) is 9.97 Å². The summed E-state index contributed by atoms with van der Waals surface area (Å²) in [6.45, 7) is 22.1. The smallest absolute Gasteiger partial charge is 0.164 e. The molecule has 0 atom stereocenters. The van der Waals surface area contributed by atoms with Crippen molar-refractivity contribution in [3.63, 3.8) is 0 Å². The van der Waals surface area contributed by atoms with Gasteiger partial charge in [0.1, 0.15) is 5.76 Å². The van der Waals surface area contributed by atoms with Crippen molar-refractivity contribution < 1.29 is 30.0 Å². The zero-order valence-corrected chi connectivity index (χ0v) is 29.1. The summed E-state index contributed by atoms with van der Waals surface area (Å²) in [5, 5.41) is 14.3. The van der Waals surface area contributed by atoms with Crippen molar-refractivity contribution >= 4 is 38.4 Å². The summed E-state index contributed by atoms with van der Waals surface area (Å²) >= 11 is 0. The van der Waals surface area contributed by atoms with Crippen LogP contribution in [0.25, 0.3) is 32.6 Å². The molecule has 1 aromatic heterocycles. The maximum absolute atomic E-state index is 11.5. The minimum atomic E-state index is -0.417. The summed E-state index contributed by atoms with van der Waals surface area (Å²) in [6.07, 6.45) is 5.31. The number of aliphatic hydroxyl groups is 1. The second-order valence-electron chi connectivity index (χ2n) is 14.0. The van der Waals surface area contributed by atoms with Crippen molar-refractivity contribution in [2.24, 2.45) is 22.7 Å². The molecule has 5 heteroatoms. The molecule has 0 spiro atoms. The van der Waals surface area contributed by atoms with Crippen LogP contribution in [0.3, 0.4) is 0 Å². The topological polar surface area (TPSA) is 63.1 Å². The molecule has 0 aliphatic heterocycles. The minimum absolute atomic E-state index is 0. The van der Waals surface area contributed by atoms with Gasteiger partial charge in [0.2, 0.25) is 0 Å². The number of rotatable bonds is 5. The zero-order valence-electron chi connectivity index (χ0n) is 26.7. The van der Waals surface area contributed by atoms with Gasteiger partial charge in [-0.05, 0) is 42.6 Å². The first-order chi connectivity index (χ1) is 18.5. The van der Waals surface area contributed by atoms with E-state index in [1.54, 1.807) is 0 Å². The van der Waals surface area contributed by atoms with Crippen LogP contribution in [-0.2, 0) is 37.7 Å². The molecule has 0 unspecified atom stereocenters. The fraction of sp³-hybridized carbons (Fsp3) is 0.472. The van der Waals surface area contributed by atoms with Crippen molar-refractivity contribution in [2.45, 2.75) is 89.0 Å². The number of ketones is 1. The van der Waals surface area contributed by atoms with Crippen LogP contribution in [0.4, 0.5) is 0 Å². The van der Waals surface area contributed by atoms with Gasteiger partial charge in [-0.25, -0.2) is 0 Å². The van der Waals surface area contributed by atoms with Gasteiger partial charge < -0.3 is 10.1 Å². The van der Waals surface area contributed by atoms with E-state index in [4.69, 9.17) is 9.97 Å². The first kappa shape index (κ1) is 34.6. The molecule has 0 saturated heterocycles. The van der Waals surface area contributed by atoms with E-state index in [9.17, 15) is 9.90 Å². The predicted molar refractivity (Wildman–Crippen MR) is 170 cm³/mol. The fourth-order valence-electron chi connectivity index (χ4n) is 4.53. The van der Waals surface area contributed by atoms with Gasteiger partial charge in [-0.1, -0.05) is 98.2 Å². The molecule has 4 rings (SSSR count). The van der Waals surface area contributed by atoms with E-state index in [2.05, 4.69) is 64.1 Å². The molecule has 3 aromatic carbocycles. The van der Waals surface area contributed by atoms with Gasteiger partial charge in [0.15, 0.2) is 5.78 Å². The van der Waals surface area contributed by atoms with Crippen LogP contribution >= 0.6 is 0 Å². The molecule has 0 aliphatic rings. The number of benzene rings is 3. The number of nitrogens with zero attached hydrogens (tertiary/aromatic N) is 2. The molecule has 0 aliphatic carbocycles. The van der Waals surface area contributed by atoms with Crippen LogP contribution < -0.4 is 0 Å². The van der Waals surface area contributed by atoms with Crippen molar-refractivity contribution in [1.29, 1.82) is 0 Å². The normalized spacial score (nSPS) is 12.6. The molecular weight excluding hydrogens is 685 g/mol. The van der Waals surface area contributed by atoms with Gasteiger partial charge in [-0.15, -0.1) is 29.1 Å². The van der Waals surface area contributed by atoms with E-state index in [1.807, 2.05) is 54.7 Å². The Labute approximate surface area is 260 Å². The second-order valence-corrected chi connectivity index (χ2v) is 14.0. The molecule has 1 heterocycles. The molecule has 1 N–H and O–H groups in total. The fourth-order valence-corrected chi connectivity index (χ4v) is 4.53. The summed E-state index contributed by atoms with van der Waals surface area (Å²) in [5.41, 5.74) is 4.77. The third-order valence-electron chi connectivity index (χ3n) is 6.81. The SMILES string of the molecule is CC(C)(C)C(=O)C=C(O)C(C)(C)C.Cc1cnc2c3[c-]c(CC(C)C)ccc3c3ccc(CC(C)C)cc3c2n1.[Ir]. The molecule has 0 bridgehead atoms. The van der Waals surface area contributed by atoms with Crippen molar-refractivity contribution in [3.05, 3.63) is 71.3 Å². The number of carbonyl (C=O) groups is 1. The molecule has 4 aromatic rings. The monoisotopic (exact) mass is 732 g/mol. The van der Waals surface area contributed by atoms with Crippen LogP contribution in [-0.4, -0.2) is 20.9 Å². The average molecular weight is 732 g/mol. The van der Waals surface area contributed by atoms with E-state index >= 15 is 0 Å². The maximum atomic E-state index is 11.5. The first-order valence-electron chi connectivity index (χ1n) is 14.5. The second kappa shape index (κ2) is 13.6. The molecule has 0 amide bonds. The standard InChI is InChI=1S/C25H27N2.C11H20O2.Ir/c1-15(2)10-18-6-8-20-21-9-7-19(11-16(3)4)13-23(21)25-24(22(20)12-18)26-14-17(5)27-25;1-10(2,3)8(12)7-9(13)11(4,5)6;/h6-9,13-16H,10-11H2,1-5H3;7,12H,1-6H3;/q-1;;. The van der Waals surface area contributed by atoms with Gasteiger partial charge in [-0.3, -0.25) is 9.78 Å². The van der Waals surface area contributed by atoms with Crippen molar-refractivity contribution in [2.75, 3.05) is 0 Å². The molecule has 0 fully saturated rings. The quantitative estimate of drug-likeness (QED) is 0.0962. The van der Waals surface area contributed by atoms with Gasteiger partial charge in [0.25, 0.3) is 0 Å². The number of aliphatic hydroxyl groups excluding tert-OH is 1. The van der Waals surface area contributed by atoms with Gasteiger partial charge in [0.05, 0.1) is 11.2 Å². The van der Waals surface area contributed by atoms with Crippen LogP contribution in [0.2, 0.25) is 0 Å². The summed E-state index contributed by atoms with van der Waals surface area (Å²) in [4.78, 5) is 21.1. The molecule has 223 valence electrons. The number of fused-ring (bicyclic) bond motifs is 6. The van der Waals surface area contributed by atoms with Gasteiger partial charge in [0, 0.05) is 48.7 Å². The number of allylic oxidation sites excluding steroid dienone is 2. The largest absolute Gasteiger partial charge is 0.512 e. The number of aromatic nitrogens is 2. The maximum Gasteiger partial charge on any atom is 0.164 e. The van der Waals surface area contributed by atoms with E-state index in [0.29, 0.717) is 11.8 Å². The Morgan fingerprint density at radius 2 is 1.49 bits per heavy atom. The third kappa shape index (κ3) is 8.93. The van der Waals surface area contributed by atoms with E-state index in [-0.39, 0.29) is 37.1 Å². The van der Waals surface area contributed by atoms with Crippen molar-refractivity contribution in [3.8, 4) is 0 Å². The van der Waals surface area contributed by atoms with Gasteiger partial charge >= 0.3 is 0 Å². The Hall–Kier alpha value is -2.62. The summed E-state index contributed by atoms with van der Waals surface area (Å²) in [6, 6.07) is 15.0. The Kier molecular flexibility index (Phi) is 11.4. The third-order valence-corrected chi connectivity index (χ3v) is 6.81. The van der Waals surface area contributed by atoms with E-state index in [1.165, 1.54) is 33.4 Å². The van der Waals surface area contributed by atoms with Crippen LogP contribution in [0.1, 0.15) is 86.1 Å². The minimum Gasteiger partial charge on any atom is -0.512 e. The van der Waals surface area contributed by atoms with Crippen LogP contribution in [0, 0.1) is 35.7 Å². The van der Waals surface area contributed by atoms with Gasteiger partial charge in [-0.2, -0.15) is 0 Å². The molecule has 0 saturated carbocycles. The number of hydrogen-bond acceptors (Lipinski definition) is 4. The Morgan fingerprint density at radius 1 is 0.878 bits per heavy atom. The van der Waals surface area contributed by atoms with Crippen LogP contribution in [0.5, 0.6) is 0 Å². The molecule has 4 nitrogen and oxygen atoms in total. The first-order valence-corrected chi connectivity index (χ1v) is 14.5. The Morgan fingerprint density at radius 3 is 2.05 bits per heavy atom. The van der Waals surface area contributed by atoms with E-state index in [0.717, 1.165) is 35.0 Å². The summed E-state index contributed by atoms with van der Waals surface area (Å²) in [7, 11) is 0. The molecular formula is C36H47IrN2O2-. The predicted octanol–water partition coefficient (Wildman–Crippen LogP) is 9.53. The van der Waals surface area contributed by atoms with E-state index < -0.39 is 5.41 Å². The van der Waals surface area contributed by atoms with Crippen LogP contribution in [0.15, 0.2) is 48.4 Å². The summed E-state index contributed by atoms with van der Waals surface area (Å²) in [5.74, 6) is 1.35.